The fraction of sp³-hybridized carbons (Fsp3) is 0. The maximum atomic E-state index is 10.7. The predicted molar refractivity (Wildman–Crippen MR) is 58.4 cm³/mol. The minimum absolute atomic E-state index is 0.161. The van der Waals surface area contributed by atoms with E-state index in [2.05, 4.69) is 4.98 Å². The van der Waals surface area contributed by atoms with Crippen LogP contribution in [0.5, 0.6) is 0 Å². The van der Waals surface area contributed by atoms with E-state index >= 15 is 0 Å². The lowest BCUT2D eigenvalue weighted by Gasteiger charge is -2.03. The zero-order valence-electron chi connectivity index (χ0n) is 8.08. The van der Waals surface area contributed by atoms with Gasteiger partial charge in [0.25, 0.3) is 5.22 Å². The molecule has 0 aliphatic heterocycles. The number of benzene rings is 1. The fourth-order valence-corrected chi connectivity index (χ4v) is 1.85. The number of nitrogens with zero attached hydrogens (tertiary/aromatic N) is 1. The lowest BCUT2D eigenvalue weighted by Crippen LogP contribution is -1.98. The van der Waals surface area contributed by atoms with Crippen molar-refractivity contribution in [2.45, 2.75) is 10.1 Å². The number of nitrogen functional groups attached to an aromatic ring is 1. The molecule has 5 nitrogen and oxygen atoms in total. The highest BCUT2D eigenvalue weighted by atomic mass is 32.2. The Labute approximate surface area is 95.3 Å². The molecule has 2 rings (SSSR count). The van der Waals surface area contributed by atoms with Crippen molar-refractivity contribution in [2.24, 2.45) is 0 Å². The maximum Gasteiger partial charge on any atom is 0.335 e. The highest BCUT2D eigenvalue weighted by molar-refractivity contribution is 7.99. The predicted octanol–water partition coefficient (Wildman–Crippen LogP) is 2.11. The van der Waals surface area contributed by atoms with Gasteiger partial charge < -0.3 is 15.3 Å². The largest absolute Gasteiger partial charge is 0.478 e. The molecule has 16 heavy (non-hydrogen) atoms. The van der Waals surface area contributed by atoms with E-state index < -0.39 is 5.97 Å². The molecule has 6 heteroatoms. The van der Waals surface area contributed by atoms with Gasteiger partial charge in [0.05, 0.1) is 11.8 Å². The average molecular weight is 236 g/mol. The lowest BCUT2D eigenvalue weighted by atomic mass is 10.2. The summed E-state index contributed by atoms with van der Waals surface area (Å²) in [6.07, 6.45) is 2.99. The van der Waals surface area contributed by atoms with Gasteiger partial charge >= 0.3 is 5.97 Å². The lowest BCUT2D eigenvalue weighted by molar-refractivity contribution is 0.0697. The van der Waals surface area contributed by atoms with E-state index in [0.29, 0.717) is 15.8 Å². The van der Waals surface area contributed by atoms with Crippen molar-refractivity contribution in [1.82, 2.24) is 4.98 Å². The Morgan fingerprint density at radius 3 is 2.88 bits per heavy atom. The number of hydrogen-bond donors (Lipinski definition) is 2. The number of aromatic carboxylic acids is 1. The van der Waals surface area contributed by atoms with Crippen molar-refractivity contribution in [3.05, 3.63) is 36.2 Å². The van der Waals surface area contributed by atoms with E-state index in [-0.39, 0.29) is 5.56 Å². The van der Waals surface area contributed by atoms with Gasteiger partial charge in [-0.3, -0.25) is 0 Å². The van der Waals surface area contributed by atoms with Crippen LogP contribution in [0.4, 0.5) is 5.69 Å². The number of oxazole rings is 1. The van der Waals surface area contributed by atoms with Crippen LogP contribution >= 0.6 is 11.8 Å². The SMILES string of the molecule is Nc1cc(C(=O)O)ccc1Sc1ncco1. The van der Waals surface area contributed by atoms with Crippen molar-refractivity contribution in [3.8, 4) is 0 Å². The third-order valence-corrected chi connectivity index (χ3v) is 2.83. The molecule has 0 unspecified atom stereocenters. The molecule has 0 saturated carbocycles. The first-order valence-corrected chi connectivity index (χ1v) is 5.18. The number of aromatic nitrogens is 1. The minimum atomic E-state index is -1.00. The molecule has 2 aromatic rings. The molecule has 0 radical (unpaired) electrons. The number of hydrogen-bond acceptors (Lipinski definition) is 5. The molecule has 1 aromatic carbocycles. The first-order chi connectivity index (χ1) is 7.66. The molecule has 1 aromatic heterocycles. The van der Waals surface area contributed by atoms with Crippen molar-refractivity contribution in [2.75, 3.05) is 5.73 Å². The molecule has 1 heterocycles. The molecule has 3 N–H and O–H groups in total. The van der Waals surface area contributed by atoms with Crippen LogP contribution in [0.1, 0.15) is 10.4 Å². The summed E-state index contributed by atoms with van der Waals surface area (Å²) in [5.41, 5.74) is 6.28. The van der Waals surface area contributed by atoms with E-state index in [1.807, 2.05) is 0 Å². The number of nitrogens with two attached hydrogens (primary N) is 1. The molecule has 0 spiro atoms. The van der Waals surface area contributed by atoms with Crippen LogP contribution in [0.25, 0.3) is 0 Å². The zero-order valence-corrected chi connectivity index (χ0v) is 8.90. The van der Waals surface area contributed by atoms with Crippen LogP contribution in [0.3, 0.4) is 0 Å². The second kappa shape index (κ2) is 4.28. The van der Waals surface area contributed by atoms with Crippen LogP contribution in [-0.4, -0.2) is 16.1 Å². The van der Waals surface area contributed by atoms with Gasteiger partial charge in [-0.1, -0.05) is 0 Å². The summed E-state index contributed by atoms with van der Waals surface area (Å²) in [6, 6.07) is 4.53. The van der Waals surface area contributed by atoms with Gasteiger partial charge in [0.15, 0.2) is 0 Å². The van der Waals surface area contributed by atoms with E-state index in [1.165, 1.54) is 36.4 Å². The van der Waals surface area contributed by atoms with E-state index in [9.17, 15) is 4.79 Å². The maximum absolute atomic E-state index is 10.7. The van der Waals surface area contributed by atoms with Gasteiger partial charge in [-0.05, 0) is 30.0 Å². The summed E-state index contributed by atoms with van der Waals surface area (Å²) in [5.74, 6) is -1.00. The molecule has 0 aliphatic rings. The van der Waals surface area contributed by atoms with Crippen LogP contribution < -0.4 is 5.73 Å². The summed E-state index contributed by atoms with van der Waals surface area (Å²) in [5, 5.41) is 9.23. The summed E-state index contributed by atoms with van der Waals surface area (Å²) in [4.78, 5) is 15.3. The standard InChI is InChI=1S/C10H8N2O3S/c11-7-5-6(9(13)14)1-2-8(7)16-10-12-3-4-15-10/h1-5H,11H2,(H,13,14). The quantitative estimate of drug-likeness (QED) is 0.793. The van der Waals surface area contributed by atoms with Crippen LogP contribution in [0.15, 0.2) is 45.2 Å². The molecule has 82 valence electrons. The molecule has 0 bridgehead atoms. The van der Waals surface area contributed by atoms with Gasteiger partial charge in [0, 0.05) is 10.6 Å². The third-order valence-electron chi connectivity index (χ3n) is 1.86. The second-order valence-corrected chi connectivity index (χ2v) is 3.95. The summed E-state index contributed by atoms with van der Waals surface area (Å²) in [7, 11) is 0. The minimum Gasteiger partial charge on any atom is -0.478 e. The number of carbonyl (C=O) groups is 1. The number of anilines is 1. The highest BCUT2D eigenvalue weighted by Crippen LogP contribution is 2.31. The summed E-state index contributed by atoms with van der Waals surface area (Å²) in [6.45, 7) is 0. The molecular weight excluding hydrogens is 228 g/mol. The van der Waals surface area contributed by atoms with Gasteiger partial charge in [-0.2, -0.15) is 0 Å². The monoisotopic (exact) mass is 236 g/mol. The molecule has 0 amide bonds. The second-order valence-electron chi connectivity index (χ2n) is 2.96. The van der Waals surface area contributed by atoms with Crippen molar-refractivity contribution < 1.29 is 14.3 Å². The average Bonchev–Trinajstić information content (AvgIpc) is 2.73. The zero-order chi connectivity index (χ0) is 11.5. The van der Waals surface area contributed by atoms with E-state index in [0.717, 1.165) is 0 Å². The Balaban J connectivity index is 2.26. The van der Waals surface area contributed by atoms with Crippen LogP contribution in [0, 0.1) is 0 Å². The van der Waals surface area contributed by atoms with Gasteiger partial charge in [-0.15, -0.1) is 0 Å². The van der Waals surface area contributed by atoms with Gasteiger partial charge in [-0.25, -0.2) is 9.78 Å². The highest BCUT2D eigenvalue weighted by Gasteiger charge is 2.09. The Morgan fingerprint density at radius 1 is 1.50 bits per heavy atom. The molecule has 0 saturated heterocycles. The summed E-state index contributed by atoms with van der Waals surface area (Å²) >= 11 is 1.25. The number of carboxylic acid groups (broad SMARTS) is 1. The van der Waals surface area contributed by atoms with Gasteiger partial charge in [0.2, 0.25) is 0 Å². The van der Waals surface area contributed by atoms with Crippen LogP contribution in [-0.2, 0) is 0 Å². The smallest absolute Gasteiger partial charge is 0.335 e. The van der Waals surface area contributed by atoms with E-state index in [1.54, 1.807) is 6.07 Å². The summed E-state index contributed by atoms with van der Waals surface area (Å²) < 4.78 is 5.05. The molecule has 0 fully saturated rings. The Kier molecular flexibility index (Phi) is 2.82. The Morgan fingerprint density at radius 2 is 2.31 bits per heavy atom. The van der Waals surface area contributed by atoms with Crippen molar-refractivity contribution in [1.29, 1.82) is 0 Å². The molecule has 0 aliphatic carbocycles. The normalized spacial score (nSPS) is 10.2. The van der Waals surface area contributed by atoms with Crippen molar-refractivity contribution in [3.63, 3.8) is 0 Å². The Bertz CT molecular complexity index is 511. The third kappa shape index (κ3) is 2.17. The Hall–Kier alpha value is -1.95. The molecular formula is C10H8N2O3S. The van der Waals surface area contributed by atoms with E-state index in [4.69, 9.17) is 15.3 Å². The van der Waals surface area contributed by atoms with Gasteiger partial charge in [0.1, 0.15) is 6.26 Å². The van der Waals surface area contributed by atoms with Crippen molar-refractivity contribution >= 4 is 23.4 Å². The van der Waals surface area contributed by atoms with Crippen LogP contribution in [0.2, 0.25) is 0 Å². The number of carboxylic acids is 1. The fourth-order valence-electron chi connectivity index (χ4n) is 1.13. The molecule has 0 atom stereocenters. The topological polar surface area (TPSA) is 89.4 Å². The first-order valence-electron chi connectivity index (χ1n) is 4.37. The number of rotatable bonds is 3. The first kappa shape index (κ1) is 10.6.